The summed E-state index contributed by atoms with van der Waals surface area (Å²) in [5.41, 5.74) is 0.162. The van der Waals surface area contributed by atoms with Gasteiger partial charge in [-0.15, -0.1) is 0 Å². The van der Waals surface area contributed by atoms with Crippen molar-refractivity contribution in [2.75, 3.05) is 34.2 Å². The highest BCUT2D eigenvalue weighted by Gasteiger charge is 2.37. The molecule has 1 aliphatic heterocycles. The van der Waals surface area contributed by atoms with Crippen molar-refractivity contribution in [2.45, 2.75) is 13.3 Å². The quantitative estimate of drug-likeness (QED) is 0.599. The Morgan fingerprint density at radius 1 is 1.58 bits per heavy atom. The average molecular weight is 170 g/mol. The first-order chi connectivity index (χ1) is 5.43. The number of hydrogen-bond acceptors (Lipinski definition) is 2. The van der Waals surface area contributed by atoms with E-state index in [1.807, 2.05) is 26.0 Å². The Hall–Kier alpha value is -0.570. The molecule has 0 radical (unpaired) electrons. The van der Waals surface area contributed by atoms with Crippen molar-refractivity contribution in [1.29, 1.82) is 0 Å². The predicted octanol–water partition coefficient (Wildman–Crippen LogP) is 0.416. The van der Waals surface area contributed by atoms with Crippen molar-refractivity contribution in [2.24, 2.45) is 5.41 Å². The first kappa shape index (κ1) is 9.52. The second kappa shape index (κ2) is 3.05. The number of carbonyl (C=O) groups excluding carboxylic acids is 1. The van der Waals surface area contributed by atoms with Gasteiger partial charge in [-0.3, -0.25) is 4.79 Å². The molecular formula is C9H18N2O. The molecule has 0 aliphatic carbocycles. The molecule has 1 rings (SSSR count). The molecule has 0 spiro atoms. The Kier molecular flexibility index (Phi) is 2.42. The maximum absolute atomic E-state index is 11.3. The maximum atomic E-state index is 11.3. The first-order valence-corrected chi connectivity index (χ1v) is 4.32. The minimum Gasteiger partial charge on any atom is -0.345 e. The number of nitrogens with zero attached hydrogens (tertiary/aromatic N) is 2. The van der Waals surface area contributed by atoms with E-state index in [2.05, 4.69) is 11.8 Å². The molecule has 1 heterocycles. The van der Waals surface area contributed by atoms with E-state index in [1.54, 1.807) is 0 Å². The predicted molar refractivity (Wildman–Crippen MR) is 48.9 cm³/mol. The Morgan fingerprint density at radius 2 is 2.17 bits per heavy atom. The van der Waals surface area contributed by atoms with E-state index in [-0.39, 0.29) is 11.3 Å². The van der Waals surface area contributed by atoms with E-state index < -0.39 is 0 Å². The van der Waals surface area contributed by atoms with Crippen LogP contribution in [-0.2, 0) is 4.79 Å². The normalized spacial score (nSPS) is 30.4. The monoisotopic (exact) mass is 170 g/mol. The van der Waals surface area contributed by atoms with E-state index in [4.69, 9.17) is 0 Å². The summed E-state index contributed by atoms with van der Waals surface area (Å²) in [6, 6.07) is 0. The third-order valence-corrected chi connectivity index (χ3v) is 2.32. The molecule has 1 aliphatic rings. The van der Waals surface area contributed by atoms with Gasteiger partial charge in [0.2, 0.25) is 5.91 Å². The molecule has 1 fully saturated rings. The van der Waals surface area contributed by atoms with Gasteiger partial charge >= 0.3 is 0 Å². The lowest BCUT2D eigenvalue weighted by molar-refractivity contribution is -0.126. The van der Waals surface area contributed by atoms with Gasteiger partial charge < -0.3 is 9.80 Å². The van der Waals surface area contributed by atoms with Crippen molar-refractivity contribution < 1.29 is 4.79 Å². The van der Waals surface area contributed by atoms with Crippen molar-refractivity contribution in [3.05, 3.63) is 0 Å². The van der Waals surface area contributed by atoms with Crippen LogP contribution >= 0.6 is 0 Å². The van der Waals surface area contributed by atoms with Crippen LogP contribution in [0, 0.1) is 5.41 Å². The van der Waals surface area contributed by atoms with Gasteiger partial charge in [-0.25, -0.2) is 0 Å². The maximum Gasteiger partial charge on any atom is 0.222 e. The van der Waals surface area contributed by atoms with Crippen LogP contribution < -0.4 is 0 Å². The van der Waals surface area contributed by atoms with Gasteiger partial charge in [0.05, 0.1) is 0 Å². The molecule has 3 nitrogen and oxygen atoms in total. The summed E-state index contributed by atoms with van der Waals surface area (Å²) in [6.45, 7) is 4.06. The van der Waals surface area contributed by atoms with Crippen LogP contribution in [0.3, 0.4) is 0 Å². The summed E-state index contributed by atoms with van der Waals surface area (Å²) < 4.78 is 0. The van der Waals surface area contributed by atoms with Crippen LogP contribution in [-0.4, -0.2) is 49.9 Å². The fourth-order valence-electron chi connectivity index (χ4n) is 2.09. The van der Waals surface area contributed by atoms with E-state index >= 15 is 0 Å². The molecule has 0 bridgehead atoms. The third kappa shape index (κ3) is 1.97. The molecular weight excluding hydrogens is 152 g/mol. The molecule has 3 heteroatoms. The van der Waals surface area contributed by atoms with Gasteiger partial charge in [-0.1, -0.05) is 6.92 Å². The summed E-state index contributed by atoms with van der Waals surface area (Å²) in [4.78, 5) is 15.2. The van der Waals surface area contributed by atoms with Crippen molar-refractivity contribution in [3.63, 3.8) is 0 Å². The lowest BCUT2D eigenvalue weighted by atomic mass is 9.89. The standard InChI is InChI=1S/C9H18N2O/c1-9(6-10(2)3)5-8(12)11(4)7-9/h5-7H2,1-4H3. The Labute approximate surface area is 74.3 Å². The molecule has 0 saturated carbocycles. The first-order valence-electron chi connectivity index (χ1n) is 4.32. The molecule has 0 N–H and O–H groups in total. The third-order valence-electron chi connectivity index (χ3n) is 2.32. The lowest BCUT2D eigenvalue weighted by Crippen LogP contribution is -2.33. The smallest absolute Gasteiger partial charge is 0.222 e. The number of likely N-dealkylation sites (tertiary alicyclic amines) is 1. The zero-order chi connectivity index (χ0) is 9.35. The van der Waals surface area contributed by atoms with Crippen molar-refractivity contribution >= 4 is 5.91 Å². The summed E-state index contributed by atoms with van der Waals surface area (Å²) in [5.74, 6) is 0.277. The molecule has 0 aromatic rings. The number of rotatable bonds is 2. The van der Waals surface area contributed by atoms with Gasteiger partial charge in [0.15, 0.2) is 0 Å². The number of amides is 1. The summed E-state index contributed by atoms with van der Waals surface area (Å²) in [6.07, 6.45) is 0.696. The number of hydrogen-bond donors (Lipinski definition) is 0. The molecule has 0 aromatic carbocycles. The zero-order valence-electron chi connectivity index (χ0n) is 8.42. The average Bonchev–Trinajstić information content (AvgIpc) is 2.04. The van der Waals surface area contributed by atoms with E-state index in [0.29, 0.717) is 6.42 Å². The Balaban J connectivity index is 2.57. The van der Waals surface area contributed by atoms with Gasteiger partial charge in [-0.05, 0) is 14.1 Å². The van der Waals surface area contributed by atoms with E-state index in [1.165, 1.54) is 0 Å². The van der Waals surface area contributed by atoms with Crippen LogP contribution in [0.15, 0.2) is 0 Å². The summed E-state index contributed by atoms with van der Waals surface area (Å²) >= 11 is 0. The largest absolute Gasteiger partial charge is 0.345 e. The van der Waals surface area contributed by atoms with E-state index in [0.717, 1.165) is 13.1 Å². The van der Waals surface area contributed by atoms with Gasteiger partial charge in [-0.2, -0.15) is 0 Å². The minimum absolute atomic E-state index is 0.162. The van der Waals surface area contributed by atoms with Crippen LogP contribution in [0.5, 0.6) is 0 Å². The molecule has 1 saturated heterocycles. The van der Waals surface area contributed by atoms with Gasteiger partial charge in [0.25, 0.3) is 0 Å². The molecule has 1 amide bonds. The van der Waals surface area contributed by atoms with Crippen molar-refractivity contribution in [1.82, 2.24) is 9.80 Å². The van der Waals surface area contributed by atoms with Crippen LogP contribution in [0.2, 0.25) is 0 Å². The van der Waals surface area contributed by atoms with Crippen LogP contribution in [0.4, 0.5) is 0 Å². The lowest BCUT2D eigenvalue weighted by Gasteiger charge is -2.26. The molecule has 70 valence electrons. The SMILES string of the molecule is CN(C)CC1(C)CC(=O)N(C)C1. The highest BCUT2D eigenvalue weighted by Crippen LogP contribution is 2.30. The minimum atomic E-state index is 0.162. The van der Waals surface area contributed by atoms with E-state index in [9.17, 15) is 4.79 Å². The highest BCUT2D eigenvalue weighted by molar-refractivity contribution is 5.79. The molecule has 1 unspecified atom stereocenters. The van der Waals surface area contributed by atoms with Crippen molar-refractivity contribution in [3.8, 4) is 0 Å². The van der Waals surface area contributed by atoms with Crippen LogP contribution in [0.25, 0.3) is 0 Å². The Bertz CT molecular complexity index is 191. The second-order valence-corrected chi connectivity index (χ2v) is 4.48. The summed E-state index contributed by atoms with van der Waals surface area (Å²) in [7, 11) is 5.98. The molecule has 1 atom stereocenters. The van der Waals surface area contributed by atoms with Gasteiger partial charge in [0, 0.05) is 32.0 Å². The topological polar surface area (TPSA) is 23.6 Å². The highest BCUT2D eigenvalue weighted by atomic mass is 16.2. The zero-order valence-corrected chi connectivity index (χ0v) is 8.42. The Morgan fingerprint density at radius 3 is 2.50 bits per heavy atom. The fraction of sp³-hybridized carbons (Fsp3) is 0.889. The fourth-order valence-corrected chi connectivity index (χ4v) is 2.09. The summed E-state index contributed by atoms with van der Waals surface area (Å²) in [5, 5.41) is 0. The van der Waals surface area contributed by atoms with Gasteiger partial charge in [0.1, 0.15) is 0 Å². The molecule has 0 aromatic heterocycles. The molecule has 12 heavy (non-hydrogen) atoms. The second-order valence-electron chi connectivity index (χ2n) is 4.48. The number of carbonyl (C=O) groups is 1. The van der Waals surface area contributed by atoms with Crippen LogP contribution in [0.1, 0.15) is 13.3 Å².